The van der Waals surface area contributed by atoms with Crippen molar-refractivity contribution in [3.63, 3.8) is 0 Å². The first-order valence-electron chi connectivity index (χ1n) is 10.3. The summed E-state index contributed by atoms with van der Waals surface area (Å²) >= 11 is 0. The minimum atomic E-state index is -3.67. The van der Waals surface area contributed by atoms with E-state index in [4.69, 9.17) is 9.47 Å². The Kier molecular flexibility index (Phi) is 8.08. The normalized spacial score (nSPS) is 12.5. The second-order valence-electron chi connectivity index (χ2n) is 7.47. The Balaban J connectivity index is 2.33. The Morgan fingerprint density at radius 3 is 2.23 bits per heavy atom. The topological polar surface area (TPSA) is 84.9 Å². The molecule has 1 N–H and O–H groups in total. The predicted molar refractivity (Wildman–Crippen MR) is 121 cm³/mol. The maximum atomic E-state index is 12.9. The molecule has 7 nitrogen and oxygen atoms in total. The van der Waals surface area contributed by atoms with Crippen molar-refractivity contribution in [1.82, 2.24) is 9.62 Å². The Morgan fingerprint density at radius 1 is 1.03 bits per heavy atom. The molecule has 1 atom stereocenters. The van der Waals surface area contributed by atoms with E-state index < -0.39 is 10.0 Å². The average Bonchev–Trinajstić information content (AvgIpc) is 2.71. The summed E-state index contributed by atoms with van der Waals surface area (Å²) in [6.07, 6.45) is 0. The summed E-state index contributed by atoms with van der Waals surface area (Å²) in [6, 6.07) is 8.37. The number of hydrogen-bond donors (Lipinski definition) is 1. The van der Waals surface area contributed by atoms with Crippen LogP contribution in [0.2, 0.25) is 0 Å². The molecule has 0 aliphatic rings. The van der Waals surface area contributed by atoms with Crippen LogP contribution in [0.3, 0.4) is 0 Å². The number of rotatable bonds is 9. The van der Waals surface area contributed by atoms with Gasteiger partial charge in [-0.25, -0.2) is 12.7 Å². The lowest BCUT2D eigenvalue weighted by atomic mass is 10.0. The number of nitrogens with one attached hydrogen (secondary N) is 1. The minimum Gasteiger partial charge on any atom is -0.490 e. The lowest BCUT2D eigenvalue weighted by molar-refractivity contribution is 0.0939. The van der Waals surface area contributed by atoms with Crippen LogP contribution in [0.4, 0.5) is 0 Å². The quantitative estimate of drug-likeness (QED) is 0.630. The number of amides is 1. The smallest absolute Gasteiger partial charge is 0.251 e. The van der Waals surface area contributed by atoms with Crippen LogP contribution in [0, 0.1) is 13.8 Å². The predicted octanol–water partition coefficient (Wildman–Crippen LogP) is 3.84. The zero-order valence-corrected chi connectivity index (χ0v) is 20.1. The van der Waals surface area contributed by atoms with Gasteiger partial charge in [0.15, 0.2) is 11.5 Å². The molecule has 0 fully saturated rings. The highest BCUT2D eigenvalue weighted by Crippen LogP contribution is 2.31. The molecule has 2 aromatic rings. The van der Waals surface area contributed by atoms with Crippen LogP contribution in [0.25, 0.3) is 0 Å². The van der Waals surface area contributed by atoms with E-state index in [1.807, 2.05) is 39.0 Å². The molecule has 170 valence electrons. The molecule has 0 aliphatic carbocycles. The first-order valence-corrected chi connectivity index (χ1v) is 11.7. The van der Waals surface area contributed by atoms with E-state index in [1.54, 1.807) is 19.9 Å². The van der Waals surface area contributed by atoms with Gasteiger partial charge in [-0.05, 0) is 75.6 Å². The average molecular weight is 449 g/mol. The summed E-state index contributed by atoms with van der Waals surface area (Å²) in [6.45, 7) is 10.2. The van der Waals surface area contributed by atoms with Gasteiger partial charge in [0.05, 0.1) is 24.2 Å². The van der Waals surface area contributed by atoms with Crippen molar-refractivity contribution in [2.24, 2.45) is 0 Å². The molecule has 0 unspecified atom stereocenters. The van der Waals surface area contributed by atoms with Crippen molar-refractivity contribution in [2.45, 2.75) is 45.6 Å². The van der Waals surface area contributed by atoms with Gasteiger partial charge >= 0.3 is 0 Å². The van der Waals surface area contributed by atoms with Gasteiger partial charge < -0.3 is 14.8 Å². The van der Waals surface area contributed by atoms with Gasteiger partial charge in [0, 0.05) is 19.7 Å². The molecule has 0 heterocycles. The van der Waals surface area contributed by atoms with E-state index in [0.717, 1.165) is 15.4 Å². The monoisotopic (exact) mass is 448 g/mol. The number of ether oxygens (including phenoxy) is 2. The van der Waals surface area contributed by atoms with Gasteiger partial charge in [-0.2, -0.15) is 0 Å². The van der Waals surface area contributed by atoms with Crippen molar-refractivity contribution >= 4 is 15.9 Å². The first kappa shape index (κ1) is 24.7. The Morgan fingerprint density at radius 2 is 1.65 bits per heavy atom. The molecule has 8 heteroatoms. The lowest BCUT2D eigenvalue weighted by Gasteiger charge is -2.19. The van der Waals surface area contributed by atoms with Crippen LogP contribution in [-0.2, 0) is 10.0 Å². The molecule has 0 aromatic heterocycles. The third kappa shape index (κ3) is 5.57. The number of carbonyl (C=O) groups is 1. The molecule has 0 radical (unpaired) electrons. The van der Waals surface area contributed by atoms with E-state index in [-0.39, 0.29) is 16.8 Å². The number of aryl methyl sites for hydroxylation is 1. The molecular formula is C23H32N2O5S. The van der Waals surface area contributed by atoms with Crippen molar-refractivity contribution in [3.05, 3.63) is 52.6 Å². The van der Waals surface area contributed by atoms with E-state index in [9.17, 15) is 13.2 Å². The first-order chi connectivity index (χ1) is 14.5. The SMILES string of the molecule is CCOc1ccc([C@H](C)NC(=O)c2cc(C)c(C)c(S(=O)(=O)N(C)C)c2)cc1OCC. The van der Waals surface area contributed by atoms with Crippen molar-refractivity contribution < 1.29 is 22.7 Å². The molecule has 1 amide bonds. The number of sulfonamides is 1. The largest absolute Gasteiger partial charge is 0.490 e. The number of nitrogens with zero attached hydrogens (tertiary/aromatic N) is 1. The summed E-state index contributed by atoms with van der Waals surface area (Å²) in [4.78, 5) is 13.1. The number of carbonyl (C=O) groups excluding carboxylic acids is 1. The lowest BCUT2D eigenvalue weighted by Crippen LogP contribution is -2.28. The fraction of sp³-hybridized carbons (Fsp3) is 0.435. The summed E-state index contributed by atoms with van der Waals surface area (Å²) in [5.41, 5.74) is 2.52. The Hall–Kier alpha value is -2.58. The molecule has 0 spiro atoms. The van der Waals surface area contributed by atoms with Crippen LogP contribution in [0.5, 0.6) is 11.5 Å². The number of hydrogen-bond acceptors (Lipinski definition) is 5. The highest BCUT2D eigenvalue weighted by Gasteiger charge is 2.23. The van der Waals surface area contributed by atoms with E-state index in [0.29, 0.717) is 35.8 Å². The second kappa shape index (κ2) is 10.2. The maximum Gasteiger partial charge on any atom is 0.251 e. The highest BCUT2D eigenvalue weighted by atomic mass is 32.2. The molecule has 31 heavy (non-hydrogen) atoms. The molecule has 0 saturated carbocycles. The third-order valence-electron chi connectivity index (χ3n) is 5.06. The molecule has 2 aromatic carbocycles. The summed E-state index contributed by atoms with van der Waals surface area (Å²) in [5, 5.41) is 2.94. The van der Waals surface area contributed by atoms with Crippen molar-refractivity contribution in [2.75, 3.05) is 27.3 Å². The van der Waals surface area contributed by atoms with Gasteiger partial charge in [-0.1, -0.05) is 6.07 Å². The standard InChI is InChI=1S/C23H32N2O5S/c1-8-29-20-11-10-18(13-21(20)30-9-2)17(5)24-23(26)19-12-15(3)16(4)22(14-19)31(27,28)25(6)7/h10-14,17H,8-9H2,1-7H3,(H,24,26)/t17-/m0/s1. The van der Waals surface area contributed by atoms with Crippen molar-refractivity contribution in [3.8, 4) is 11.5 Å². The minimum absolute atomic E-state index is 0.134. The molecule has 2 rings (SSSR count). The van der Waals surface area contributed by atoms with Crippen LogP contribution in [0.15, 0.2) is 35.2 Å². The van der Waals surface area contributed by atoms with Crippen LogP contribution in [-0.4, -0.2) is 45.9 Å². The molecule has 0 saturated heterocycles. The van der Waals surface area contributed by atoms with Gasteiger partial charge in [0.1, 0.15) is 0 Å². The fourth-order valence-corrected chi connectivity index (χ4v) is 4.34. The second-order valence-corrected chi connectivity index (χ2v) is 9.59. The highest BCUT2D eigenvalue weighted by molar-refractivity contribution is 7.89. The Labute approximate surface area is 185 Å². The zero-order chi connectivity index (χ0) is 23.3. The van der Waals surface area contributed by atoms with Gasteiger partial charge in [-0.3, -0.25) is 4.79 Å². The van der Waals surface area contributed by atoms with Gasteiger partial charge in [0.25, 0.3) is 5.91 Å². The summed E-state index contributed by atoms with van der Waals surface area (Å²) in [5.74, 6) is 0.922. The van der Waals surface area contributed by atoms with Gasteiger partial charge in [0.2, 0.25) is 10.0 Å². The molecule has 0 bridgehead atoms. The van der Waals surface area contributed by atoms with E-state index in [1.165, 1.54) is 20.2 Å². The van der Waals surface area contributed by atoms with E-state index in [2.05, 4.69) is 5.32 Å². The fourth-order valence-electron chi connectivity index (χ4n) is 3.12. The maximum absolute atomic E-state index is 12.9. The van der Waals surface area contributed by atoms with Crippen molar-refractivity contribution in [1.29, 1.82) is 0 Å². The Bertz CT molecular complexity index is 1050. The van der Waals surface area contributed by atoms with Crippen LogP contribution >= 0.6 is 0 Å². The van der Waals surface area contributed by atoms with Crippen LogP contribution < -0.4 is 14.8 Å². The number of benzene rings is 2. The third-order valence-corrected chi connectivity index (χ3v) is 7.00. The van der Waals surface area contributed by atoms with Gasteiger partial charge in [-0.15, -0.1) is 0 Å². The van der Waals surface area contributed by atoms with Crippen LogP contribution in [0.1, 0.15) is 53.9 Å². The summed E-state index contributed by atoms with van der Waals surface area (Å²) in [7, 11) is -0.720. The van der Waals surface area contributed by atoms with E-state index >= 15 is 0 Å². The summed E-state index contributed by atoms with van der Waals surface area (Å²) < 4.78 is 37.8. The zero-order valence-electron chi connectivity index (χ0n) is 19.3. The molecule has 0 aliphatic heterocycles. The molecular weight excluding hydrogens is 416 g/mol.